The number of halogens is 2. The lowest BCUT2D eigenvalue weighted by Gasteiger charge is -2.08. The van der Waals surface area contributed by atoms with E-state index in [1.807, 2.05) is 6.92 Å². The second kappa shape index (κ2) is 7.30. The third kappa shape index (κ3) is 5.62. The van der Waals surface area contributed by atoms with Crippen molar-refractivity contribution in [3.05, 3.63) is 29.8 Å². The Morgan fingerprint density at radius 2 is 2.00 bits per heavy atom. The molecule has 1 rings (SSSR count). The van der Waals surface area contributed by atoms with Gasteiger partial charge in [0, 0.05) is 6.07 Å². The van der Waals surface area contributed by atoms with Crippen molar-refractivity contribution in [3.8, 4) is 0 Å². The monoisotopic (exact) mass is 306 g/mol. The summed E-state index contributed by atoms with van der Waals surface area (Å²) in [6.07, 6.45) is 1.21. The molecule has 1 aromatic rings. The van der Waals surface area contributed by atoms with Gasteiger partial charge in [0.1, 0.15) is 11.6 Å². The number of amides is 1. The second-order valence-corrected chi connectivity index (χ2v) is 6.09. The Bertz CT molecular complexity index is 576. The summed E-state index contributed by atoms with van der Waals surface area (Å²) < 4.78 is 50.9. The van der Waals surface area contributed by atoms with E-state index < -0.39 is 34.1 Å². The van der Waals surface area contributed by atoms with Gasteiger partial charge in [0.05, 0.1) is 18.0 Å². The molecule has 0 heterocycles. The first kappa shape index (κ1) is 16.5. The van der Waals surface area contributed by atoms with Gasteiger partial charge in [0.15, 0.2) is 0 Å². The number of anilines is 1. The van der Waals surface area contributed by atoms with Crippen molar-refractivity contribution >= 4 is 21.6 Å². The Balaban J connectivity index is 2.52. The molecule has 20 heavy (non-hydrogen) atoms. The normalized spacial score (nSPS) is 11.3. The third-order valence-electron chi connectivity index (χ3n) is 2.42. The summed E-state index contributed by atoms with van der Waals surface area (Å²) in [5, 5.41) is 2.16. The minimum absolute atomic E-state index is 0.0678. The van der Waals surface area contributed by atoms with Crippen LogP contribution >= 0.6 is 0 Å². The lowest BCUT2D eigenvalue weighted by atomic mass is 10.3. The average Bonchev–Trinajstić information content (AvgIpc) is 2.38. The zero-order valence-corrected chi connectivity index (χ0v) is 11.8. The van der Waals surface area contributed by atoms with Gasteiger partial charge in [0.25, 0.3) is 0 Å². The van der Waals surface area contributed by atoms with Gasteiger partial charge in [-0.25, -0.2) is 21.9 Å². The number of carbonyl (C=O) groups excluding carboxylic acids is 1. The molecule has 0 bridgehead atoms. The van der Waals surface area contributed by atoms with Crippen molar-refractivity contribution in [1.82, 2.24) is 4.72 Å². The van der Waals surface area contributed by atoms with Crippen molar-refractivity contribution in [1.29, 1.82) is 0 Å². The highest BCUT2D eigenvalue weighted by atomic mass is 32.2. The van der Waals surface area contributed by atoms with Crippen LogP contribution in [0.15, 0.2) is 18.2 Å². The van der Waals surface area contributed by atoms with Gasteiger partial charge in [-0.05, 0) is 18.6 Å². The lowest BCUT2D eigenvalue weighted by Crippen LogP contribution is -2.34. The predicted octanol–water partition coefficient (Wildman–Crippen LogP) is 1.62. The van der Waals surface area contributed by atoms with Gasteiger partial charge < -0.3 is 5.32 Å². The Morgan fingerprint density at radius 1 is 1.30 bits per heavy atom. The summed E-state index contributed by atoms with van der Waals surface area (Å²) in [4.78, 5) is 11.5. The number of rotatable bonds is 7. The minimum Gasteiger partial charge on any atom is -0.322 e. The van der Waals surface area contributed by atoms with Crippen molar-refractivity contribution in [2.75, 3.05) is 17.6 Å². The smallest absolute Gasteiger partial charge is 0.239 e. The zero-order valence-electron chi connectivity index (χ0n) is 10.9. The summed E-state index contributed by atoms with van der Waals surface area (Å²) in [5.74, 6) is -2.48. The third-order valence-corrected chi connectivity index (χ3v) is 3.83. The van der Waals surface area contributed by atoms with Crippen molar-refractivity contribution in [2.45, 2.75) is 19.8 Å². The maximum atomic E-state index is 13.3. The molecule has 1 amide bonds. The van der Waals surface area contributed by atoms with Crippen LogP contribution in [-0.4, -0.2) is 26.6 Å². The van der Waals surface area contributed by atoms with Crippen LogP contribution in [0.2, 0.25) is 0 Å². The number of sulfonamides is 1. The molecule has 0 radical (unpaired) electrons. The van der Waals surface area contributed by atoms with Gasteiger partial charge in [0.2, 0.25) is 15.9 Å². The molecule has 0 aliphatic rings. The van der Waals surface area contributed by atoms with Crippen molar-refractivity contribution < 1.29 is 22.0 Å². The van der Waals surface area contributed by atoms with Crippen LogP contribution in [0.1, 0.15) is 19.8 Å². The zero-order chi connectivity index (χ0) is 15.2. The SMILES string of the molecule is CCCCS(=O)(=O)NCC(=O)Nc1ccc(F)cc1F. The van der Waals surface area contributed by atoms with Gasteiger partial charge in [-0.2, -0.15) is 0 Å². The Hall–Kier alpha value is -1.54. The molecule has 2 N–H and O–H groups in total. The van der Waals surface area contributed by atoms with Crippen molar-refractivity contribution in [3.63, 3.8) is 0 Å². The molecule has 0 aliphatic carbocycles. The molecule has 8 heteroatoms. The molecule has 112 valence electrons. The number of unbranched alkanes of at least 4 members (excludes halogenated alkanes) is 1. The fourth-order valence-electron chi connectivity index (χ4n) is 1.37. The number of carbonyl (C=O) groups is 1. The van der Waals surface area contributed by atoms with Gasteiger partial charge in [-0.15, -0.1) is 0 Å². The van der Waals surface area contributed by atoms with E-state index in [4.69, 9.17) is 0 Å². The van der Waals surface area contributed by atoms with E-state index in [1.54, 1.807) is 0 Å². The molecule has 0 saturated carbocycles. The maximum Gasteiger partial charge on any atom is 0.239 e. The first-order valence-corrected chi connectivity index (χ1v) is 7.71. The summed E-state index contributed by atoms with van der Waals surface area (Å²) in [6, 6.07) is 2.68. The molecule has 0 saturated heterocycles. The van der Waals surface area contributed by atoms with Gasteiger partial charge in [-0.1, -0.05) is 13.3 Å². The molecule has 0 fully saturated rings. The summed E-state index contributed by atoms with van der Waals surface area (Å²) in [5.41, 5.74) is -0.204. The van der Waals surface area contributed by atoms with Crippen LogP contribution in [0.5, 0.6) is 0 Å². The molecule has 0 unspecified atom stereocenters. The van der Waals surface area contributed by atoms with E-state index in [2.05, 4.69) is 10.0 Å². The van der Waals surface area contributed by atoms with Crippen LogP contribution in [0.3, 0.4) is 0 Å². The molecule has 0 aliphatic heterocycles. The molecule has 0 aromatic heterocycles. The van der Waals surface area contributed by atoms with Gasteiger partial charge in [-0.3, -0.25) is 4.79 Å². The lowest BCUT2D eigenvalue weighted by molar-refractivity contribution is -0.115. The highest BCUT2D eigenvalue weighted by Gasteiger charge is 2.13. The van der Waals surface area contributed by atoms with Gasteiger partial charge >= 0.3 is 0 Å². The standard InChI is InChI=1S/C12H16F2N2O3S/c1-2-3-6-20(18,19)15-8-12(17)16-11-5-4-9(13)7-10(11)14/h4-5,7,15H,2-3,6,8H2,1H3,(H,16,17). The molecule has 5 nitrogen and oxygen atoms in total. The molecule has 0 atom stereocenters. The first-order valence-electron chi connectivity index (χ1n) is 6.06. The largest absolute Gasteiger partial charge is 0.322 e. The van der Waals surface area contributed by atoms with Crippen molar-refractivity contribution in [2.24, 2.45) is 0 Å². The van der Waals surface area contributed by atoms with E-state index in [0.717, 1.165) is 12.1 Å². The molecular weight excluding hydrogens is 290 g/mol. The number of nitrogens with one attached hydrogen (secondary N) is 2. The molecule has 0 spiro atoms. The van der Waals surface area contributed by atoms with Crippen LogP contribution in [0.4, 0.5) is 14.5 Å². The highest BCUT2D eigenvalue weighted by Crippen LogP contribution is 2.14. The number of hydrogen-bond acceptors (Lipinski definition) is 3. The van der Waals surface area contributed by atoms with Crippen LogP contribution in [0.25, 0.3) is 0 Å². The second-order valence-electron chi connectivity index (χ2n) is 4.17. The minimum atomic E-state index is -3.51. The maximum absolute atomic E-state index is 13.3. The predicted molar refractivity (Wildman–Crippen MR) is 71.7 cm³/mol. The van der Waals surface area contributed by atoms with E-state index >= 15 is 0 Å². The summed E-state index contributed by atoms with van der Waals surface area (Å²) in [6.45, 7) is 1.35. The number of benzene rings is 1. The summed E-state index contributed by atoms with van der Waals surface area (Å²) >= 11 is 0. The fraction of sp³-hybridized carbons (Fsp3) is 0.417. The van der Waals surface area contributed by atoms with Crippen LogP contribution in [0, 0.1) is 11.6 Å². The van der Waals surface area contributed by atoms with E-state index in [-0.39, 0.29) is 11.4 Å². The molecule has 1 aromatic carbocycles. The topological polar surface area (TPSA) is 75.3 Å². The average molecular weight is 306 g/mol. The van der Waals surface area contributed by atoms with E-state index in [9.17, 15) is 22.0 Å². The molecular formula is C12H16F2N2O3S. The highest BCUT2D eigenvalue weighted by molar-refractivity contribution is 7.89. The van der Waals surface area contributed by atoms with Crippen LogP contribution < -0.4 is 10.0 Å². The number of hydrogen-bond donors (Lipinski definition) is 2. The quantitative estimate of drug-likeness (QED) is 0.804. The Kier molecular flexibility index (Phi) is 6.03. The van der Waals surface area contributed by atoms with E-state index in [1.165, 1.54) is 0 Å². The first-order chi connectivity index (χ1) is 9.34. The Labute approximate surface area is 116 Å². The Morgan fingerprint density at radius 3 is 2.60 bits per heavy atom. The van der Waals surface area contributed by atoms with E-state index in [0.29, 0.717) is 18.9 Å². The van der Waals surface area contributed by atoms with Crippen LogP contribution in [-0.2, 0) is 14.8 Å². The summed E-state index contributed by atoms with van der Waals surface area (Å²) in [7, 11) is -3.51. The fourth-order valence-corrected chi connectivity index (χ4v) is 2.53.